The van der Waals surface area contributed by atoms with Gasteiger partial charge < -0.3 is 0 Å². The molecule has 3 rings (SSSR count). The Morgan fingerprint density at radius 1 is 1.04 bits per heavy atom. The van der Waals surface area contributed by atoms with E-state index in [-0.39, 0.29) is 0 Å². The van der Waals surface area contributed by atoms with E-state index >= 15 is 0 Å². The Morgan fingerprint density at radius 3 is 2.36 bits per heavy atom. The first kappa shape index (κ1) is 17.5. The molecule has 0 unspecified atom stereocenters. The highest BCUT2D eigenvalue weighted by atomic mass is 32.2. The van der Waals surface area contributed by atoms with Crippen molar-refractivity contribution in [3.8, 4) is 0 Å². The van der Waals surface area contributed by atoms with Crippen molar-refractivity contribution in [1.29, 1.82) is 0 Å². The lowest BCUT2D eigenvalue weighted by atomic mass is 10.1. The van der Waals surface area contributed by atoms with E-state index in [0.29, 0.717) is 6.54 Å². The van der Waals surface area contributed by atoms with Crippen LogP contribution in [-0.4, -0.2) is 12.3 Å². The molecule has 0 aliphatic heterocycles. The molecule has 0 atom stereocenters. The van der Waals surface area contributed by atoms with E-state index in [0.717, 1.165) is 28.9 Å². The van der Waals surface area contributed by atoms with Crippen LogP contribution in [0, 0.1) is 0 Å². The molecule has 0 amide bonds. The van der Waals surface area contributed by atoms with Crippen molar-refractivity contribution in [3.63, 3.8) is 0 Å². The lowest BCUT2D eigenvalue weighted by molar-refractivity contribution is 1.13. The number of hydrogen-bond acceptors (Lipinski definition) is 2. The van der Waals surface area contributed by atoms with Crippen molar-refractivity contribution >= 4 is 28.6 Å². The molecule has 0 saturated heterocycles. The predicted molar refractivity (Wildman–Crippen MR) is 112 cm³/mol. The van der Waals surface area contributed by atoms with Crippen molar-refractivity contribution in [1.82, 2.24) is 0 Å². The summed E-state index contributed by atoms with van der Waals surface area (Å²) in [7, 11) is 0. The molecule has 0 spiro atoms. The van der Waals surface area contributed by atoms with Crippen LogP contribution in [0.15, 0.2) is 82.6 Å². The van der Waals surface area contributed by atoms with Gasteiger partial charge in [-0.2, -0.15) is 0 Å². The van der Waals surface area contributed by atoms with Crippen molar-refractivity contribution in [2.75, 3.05) is 6.54 Å². The Kier molecular flexibility index (Phi) is 5.10. The maximum absolute atomic E-state index is 4.66. The zero-order valence-corrected chi connectivity index (χ0v) is 15.7. The molecule has 2 heteroatoms. The Labute approximate surface area is 154 Å². The summed E-state index contributed by atoms with van der Waals surface area (Å²) in [6, 6.07) is 15.2. The minimum atomic E-state index is 0.680. The molecule has 0 bridgehead atoms. The minimum absolute atomic E-state index is 0.680. The summed E-state index contributed by atoms with van der Waals surface area (Å²) < 4.78 is 0. The molecule has 0 aromatic heterocycles. The molecule has 1 aliphatic rings. The standard InChI is InChI=1S/C23H23NS/c1-15(2)14-24-23-13-19-12-21(10-11-22(19)17(23)5)25-20-8-6-18(7-9-20)16(3)4/h6-12H,1,3,5,13-14H2,2,4H3. The summed E-state index contributed by atoms with van der Waals surface area (Å²) in [6.07, 6.45) is 0.866. The third kappa shape index (κ3) is 4.02. The highest BCUT2D eigenvalue weighted by Crippen LogP contribution is 2.35. The van der Waals surface area contributed by atoms with Crippen LogP contribution in [0.2, 0.25) is 0 Å². The number of rotatable bonds is 5. The molecule has 0 heterocycles. The van der Waals surface area contributed by atoms with Crippen LogP contribution in [0.25, 0.3) is 11.1 Å². The quantitative estimate of drug-likeness (QED) is 0.567. The van der Waals surface area contributed by atoms with Gasteiger partial charge in [-0.15, -0.1) is 0 Å². The van der Waals surface area contributed by atoms with Crippen LogP contribution in [0.1, 0.15) is 30.5 Å². The van der Waals surface area contributed by atoms with Crippen LogP contribution in [0.3, 0.4) is 0 Å². The molecule has 1 nitrogen and oxygen atoms in total. The van der Waals surface area contributed by atoms with Gasteiger partial charge in [0.05, 0.1) is 6.54 Å². The van der Waals surface area contributed by atoms with E-state index in [2.05, 4.69) is 67.2 Å². The second kappa shape index (κ2) is 7.28. The largest absolute Gasteiger partial charge is 0.284 e. The van der Waals surface area contributed by atoms with Crippen LogP contribution >= 0.6 is 11.8 Å². The molecule has 126 valence electrons. The van der Waals surface area contributed by atoms with Crippen molar-refractivity contribution in [2.24, 2.45) is 4.99 Å². The lowest BCUT2D eigenvalue weighted by Gasteiger charge is -2.06. The summed E-state index contributed by atoms with van der Waals surface area (Å²) >= 11 is 1.78. The highest BCUT2D eigenvalue weighted by molar-refractivity contribution is 7.99. The van der Waals surface area contributed by atoms with Crippen LogP contribution in [0.5, 0.6) is 0 Å². The molecular formula is C23H23NS. The van der Waals surface area contributed by atoms with Gasteiger partial charge in [0.1, 0.15) is 0 Å². The Hall–Kier alpha value is -2.32. The molecule has 1 aliphatic carbocycles. The number of benzene rings is 2. The maximum atomic E-state index is 4.66. The molecule has 2 aromatic carbocycles. The zero-order chi connectivity index (χ0) is 18.0. The lowest BCUT2D eigenvalue weighted by Crippen LogP contribution is -1.97. The van der Waals surface area contributed by atoms with Crippen LogP contribution < -0.4 is 0 Å². The van der Waals surface area contributed by atoms with E-state index in [1.165, 1.54) is 26.5 Å². The first-order chi connectivity index (χ1) is 11.9. The van der Waals surface area contributed by atoms with Gasteiger partial charge >= 0.3 is 0 Å². The molecule has 0 N–H and O–H groups in total. The molecule has 2 aromatic rings. The number of allylic oxidation sites excluding steroid dienone is 2. The van der Waals surface area contributed by atoms with Gasteiger partial charge in [0.25, 0.3) is 0 Å². The molecule has 0 saturated carbocycles. The summed E-state index contributed by atoms with van der Waals surface area (Å²) in [4.78, 5) is 7.14. The van der Waals surface area contributed by atoms with Gasteiger partial charge in [-0.25, -0.2) is 0 Å². The summed E-state index contributed by atoms with van der Waals surface area (Å²) in [5, 5.41) is 0. The fourth-order valence-corrected chi connectivity index (χ4v) is 3.72. The monoisotopic (exact) mass is 345 g/mol. The van der Waals surface area contributed by atoms with Crippen LogP contribution in [0.4, 0.5) is 0 Å². The van der Waals surface area contributed by atoms with E-state index < -0.39 is 0 Å². The van der Waals surface area contributed by atoms with Gasteiger partial charge in [-0.3, -0.25) is 4.99 Å². The highest BCUT2D eigenvalue weighted by Gasteiger charge is 2.21. The fraction of sp³-hybridized carbons (Fsp3) is 0.174. The summed E-state index contributed by atoms with van der Waals surface area (Å²) in [5.41, 5.74) is 8.04. The van der Waals surface area contributed by atoms with E-state index in [4.69, 9.17) is 0 Å². The number of fused-ring (bicyclic) bond motifs is 1. The second-order valence-corrected chi connectivity index (χ2v) is 7.75. The fourth-order valence-electron chi connectivity index (χ4n) is 2.84. The van der Waals surface area contributed by atoms with Gasteiger partial charge in [0, 0.05) is 21.9 Å². The first-order valence-electron chi connectivity index (χ1n) is 8.38. The first-order valence-corrected chi connectivity index (χ1v) is 9.20. The summed E-state index contributed by atoms with van der Waals surface area (Å²) in [6.45, 7) is 16.8. The van der Waals surface area contributed by atoms with E-state index in [1.54, 1.807) is 11.8 Å². The average molecular weight is 346 g/mol. The van der Waals surface area contributed by atoms with Gasteiger partial charge in [0.2, 0.25) is 0 Å². The van der Waals surface area contributed by atoms with E-state index in [1.807, 2.05) is 13.8 Å². The second-order valence-electron chi connectivity index (χ2n) is 6.60. The maximum Gasteiger partial charge on any atom is 0.0598 e. The Morgan fingerprint density at radius 2 is 1.72 bits per heavy atom. The number of aliphatic imine (C=N–C) groups is 1. The van der Waals surface area contributed by atoms with Crippen LogP contribution in [-0.2, 0) is 6.42 Å². The molecule has 0 fully saturated rings. The molecule has 0 radical (unpaired) electrons. The Bertz CT molecular complexity index is 885. The average Bonchev–Trinajstić information content (AvgIpc) is 2.89. The van der Waals surface area contributed by atoms with E-state index in [9.17, 15) is 0 Å². The summed E-state index contributed by atoms with van der Waals surface area (Å²) in [5.74, 6) is 0. The van der Waals surface area contributed by atoms with Crippen molar-refractivity contribution in [2.45, 2.75) is 30.1 Å². The zero-order valence-electron chi connectivity index (χ0n) is 14.9. The molecule has 25 heavy (non-hydrogen) atoms. The number of nitrogens with zero attached hydrogens (tertiary/aromatic N) is 1. The third-order valence-corrected chi connectivity index (χ3v) is 5.23. The van der Waals surface area contributed by atoms with Crippen molar-refractivity contribution < 1.29 is 0 Å². The van der Waals surface area contributed by atoms with Gasteiger partial charge in [-0.1, -0.05) is 60.8 Å². The third-order valence-electron chi connectivity index (χ3n) is 4.23. The number of hydrogen-bond donors (Lipinski definition) is 0. The molecular weight excluding hydrogens is 322 g/mol. The van der Waals surface area contributed by atoms with Crippen molar-refractivity contribution in [3.05, 3.63) is 84.5 Å². The smallest absolute Gasteiger partial charge is 0.0598 e. The van der Waals surface area contributed by atoms with Gasteiger partial charge in [-0.05, 0) is 60.4 Å². The van der Waals surface area contributed by atoms with Gasteiger partial charge in [0.15, 0.2) is 0 Å². The topological polar surface area (TPSA) is 12.4 Å². The Balaban J connectivity index is 1.78. The minimum Gasteiger partial charge on any atom is -0.284 e. The normalized spacial score (nSPS) is 14.6. The predicted octanol–water partition coefficient (Wildman–Crippen LogP) is 6.46. The SMILES string of the molecule is C=C(C)CN=C1Cc2cc(Sc3ccc(C(=C)C)cc3)ccc2C1=C.